The Bertz CT molecular complexity index is 1090. The van der Waals surface area contributed by atoms with Crippen molar-refractivity contribution >= 4 is 17.9 Å². The summed E-state index contributed by atoms with van der Waals surface area (Å²) in [5, 5.41) is 6.02. The van der Waals surface area contributed by atoms with Gasteiger partial charge >= 0.3 is 6.09 Å². The lowest BCUT2D eigenvalue weighted by atomic mass is 9.88. The van der Waals surface area contributed by atoms with Gasteiger partial charge in [0.05, 0.1) is 49.1 Å². The SMILES string of the molecule is CCCNC(=O)C[C@@H]1C[C@@]2(CO2)C[C@@H](/C=C/C(C)=C/C[C@@H]2O[C@H](C)[C@H](NC(=O)/C=C\C(C)OC(=O)N3CCCCC3)C[C@@H]2C)O1. The zero-order valence-electron chi connectivity index (χ0n) is 27.9. The Hall–Kier alpha value is -2.69. The minimum Gasteiger partial charge on any atom is -0.442 e. The van der Waals surface area contributed by atoms with Crippen LogP contribution >= 0.6 is 0 Å². The minimum absolute atomic E-state index is 0.0351. The standard InChI is InChI=1S/C35H55N3O7/c1-6-16-36-33(40)20-29-22-35(23-42-35)21-28(45-29)13-10-24(2)11-14-31-25(3)19-30(27(5)44-31)37-32(39)15-12-26(4)43-34(41)38-17-8-7-9-18-38/h10-13,15,25-31H,6-9,14,16-23H2,1-5H3,(H,36,40)(H,37,39)/b13-10+,15-12-,24-11+/t25-,26?,27+,28+,29+,30+,31-,35+/m0/s1. The molecule has 3 amide bonds. The lowest BCUT2D eigenvalue weighted by Gasteiger charge is -2.39. The lowest BCUT2D eigenvalue weighted by Crippen LogP contribution is -2.50. The van der Waals surface area contributed by atoms with Crippen LogP contribution in [0.15, 0.2) is 36.0 Å². The van der Waals surface area contributed by atoms with Gasteiger partial charge in [-0.3, -0.25) is 9.59 Å². The van der Waals surface area contributed by atoms with Gasteiger partial charge in [0.25, 0.3) is 0 Å². The zero-order chi connectivity index (χ0) is 32.4. The topological polar surface area (TPSA) is 119 Å². The van der Waals surface area contributed by atoms with Crippen molar-refractivity contribution in [3.05, 3.63) is 36.0 Å². The van der Waals surface area contributed by atoms with E-state index in [2.05, 4.69) is 42.7 Å². The number of likely N-dealkylation sites (tertiary alicyclic amines) is 1. The zero-order valence-corrected chi connectivity index (χ0v) is 27.9. The number of piperidine rings is 1. The average Bonchev–Trinajstić information content (AvgIpc) is 3.76. The van der Waals surface area contributed by atoms with E-state index in [0.29, 0.717) is 13.0 Å². The fourth-order valence-corrected chi connectivity index (χ4v) is 6.47. The highest BCUT2D eigenvalue weighted by Gasteiger charge is 2.51. The molecule has 4 aliphatic heterocycles. The lowest BCUT2D eigenvalue weighted by molar-refractivity contribution is -0.127. The molecule has 1 unspecified atom stereocenters. The van der Waals surface area contributed by atoms with Crippen LogP contribution in [0.3, 0.4) is 0 Å². The molecule has 0 aromatic heterocycles. The summed E-state index contributed by atoms with van der Waals surface area (Å²) in [5.41, 5.74) is 0.994. The second-order valence-electron chi connectivity index (χ2n) is 13.5. The third-order valence-electron chi connectivity index (χ3n) is 9.29. The van der Waals surface area contributed by atoms with Crippen LogP contribution in [-0.2, 0) is 28.5 Å². The molecule has 10 heteroatoms. The summed E-state index contributed by atoms with van der Waals surface area (Å²) in [5.74, 6) is 0.0870. The summed E-state index contributed by atoms with van der Waals surface area (Å²) in [4.78, 5) is 38.9. The van der Waals surface area contributed by atoms with Gasteiger partial charge in [-0.25, -0.2) is 4.79 Å². The molecule has 8 atom stereocenters. The van der Waals surface area contributed by atoms with Gasteiger partial charge < -0.3 is 34.5 Å². The van der Waals surface area contributed by atoms with Crippen LogP contribution in [0, 0.1) is 5.92 Å². The molecule has 4 rings (SSSR count). The Morgan fingerprint density at radius 2 is 1.84 bits per heavy atom. The van der Waals surface area contributed by atoms with Crippen LogP contribution in [0.2, 0.25) is 0 Å². The maximum atomic E-state index is 12.7. The maximum absolute atomic E-state index is 12.7. The molecule has 10 nitrogen and oxygen atoms in total. The Labute approximate surface area is 269 Å². The van der Waals surface area contributed by atoms with E-state index < -0.39 is 6.10 Å². The number of nitrogens with zero attached hydrogens (tertiary/aromatic N) is 1. The van der Waals surface area contributed by atoms with E-state index in [1.54, 1.807) is 17.9 Å². The van der Waals surface area contributed by atoms with Crippen molar-refractivity contribution in [1.82, 2.24) is 15.5 Å². The van der Waals surface area contributed by atoms with Crippen molar-refractivity contribution in [3.63, 3.8) is 0 Å². The first-order valence-electron chi connectivity index (χ1n) is 17.1. The smallest absolute Gasteiger partial charge is 0.410 e. The number of ether oxygens (including phenoxy) is 4. The van der Waals surface area contributed by atoms with Gasteiger partial charge in [0.1, 0.15) is 6.10 Å². The highest BCUT2D eigenvalue weighted by Crippen LogP contribution is 2.43. The first-order valence-corrected chi connectivity index (χ1v) is 17.1. The predicted octanol–water partition coefficient (Wildman–Crippen LogP) is 4.98. The van der Waals surface area contributed by atoms with Crippen LogP contribution in [-0.4, -0.2) is 91.2 Å². The Morgan fingerprint density at radius 1 is 1.09 bits per heavy atom. The molecule has 4 aliphatic rings. The van der Waals surface area contributed by atoms with Gasteiger partial charge in [0.15, 0.2) is 0 Å². The quantitative estimate of drug-likeness (QED) is 0.178. The second-order valence-corrected chi connectivity index (χ2v) is 13.5. The van der Waals surface area contributed by atoms with E-state index in [0.717, 1.165) is 76.6 Å². The molecule has 4 fully saturated rings. The van der Waals surface area contributed by atoms with Gasteiger partial charge in [-0.2, -0.15) is 0 Å². The molecule has 2 N–H and O–H groups in total. The summed E-state index contributed by atoms with van der Waals surface area (Å²) in [6.07, 6.45) is 16.0. The molecule has 0 saturated carbocycles. The van der Waals surface area contributed by atoms with Crippen molar-refractivity contribution < 1.29 is 33.3 Å². The Kier molecular flexibility index (Phi) is 13.1. The van der Waals surface area contributed by atoms with Gasteiger partial charge in [-0.1, -0.05) is 37.6 Å². The van der Waals surface area contributed by atoms with E-state index in [9.17, 15) is 14.4 Å². The van der Waals surface area contributed by atoms with Crippen molar-refractivity contribution in [2.45, 2.75) is 135 Å². The van der Waals surface area contributed by atoms with E-state index >= 15 is 0 Å². The first-order chi connectivity index (χ1) is 21.6. The van der Waals surface area contributed by atoms with Gasteiger partial charge in [-0.05, 0) is 71.3 Å². The summed E-state index contributed by atoms with van der Waals surface area (Å²) in [6.45, 7) is 12.9. The number of carbonyl (C=O) groups excluding carboxylic acids is 3. The Morgan fingerprint density at radius 3 is 2.56 bits per heavy atom. The molecule has 0 bridgehead atoms. The number of epoxide rings is 1. The normalized spacial score (nSPS) is 32.9. The molecule has 1 spiro atoms. The van der Waals surface area contributed by atoms with E-state index in [-0.39, 0.29) is 59.9 Å². The molecule has 252 valence electrons. The van der Waals surface area contributed by atoms with Gasteiger partial charge in [0, 0.05) is 38.6 Å². The molecular formula is C35H55N3O7. The summed E-state index contributed by atoms with van der Waals surface area (Å²) >= 11 is 0. The summed E-state index contributed by atoms with van der Waals surface area (Å²) < 4.78 is 23.9. The third-order valence-corrected chi connectivity index (χ3v) is 9.29. The number of amides is 3. The number of hydrogen-bond acceptors (Lipinski definition) is 7. The molecule has 0 radical (unpaired) electrons. The van der Waals surface area contributed by atoms with E-state index in [1.165, 1.54) is 6.08 Å². The molecule has 4 heterocycles. The predicted molar refractivity (Wildman–Crippen MR) is 173 cm³/mol. The number of hydrogen-bond donors (Lipinski definition) is 2. The summed E-state index contributed by atoms with van der Waals surface area (Å²) in [7, 11) is 0. The molecule has 0 aromatic rings. The molecule has 0 aliphatic carbocycles. The molecule has 4 saturated heterocycles. The van der Waals surface area contributed by atoms with Crippen LogP contribution in [0.1, 0.15) is 92.4 Å². The van der Waals surface area contributed by atoms with Crippen molar-refractivity contribution in [3.8, 4) is 0 Å². The molecule has 45 heavy (non-hydrogen) atoms. The fraction of sp³-hybridized carbons (Fsp3) is 0.743. The fourth-order valence-electron chi connectivity index (χ4n) is 6.47. The number of rotatable bonds is 12. The Balaban J connectivity index is 1.19. The van der Waals surface area contributed by atoms with Crippen molar-refractivity contribution in [1.29, 1.82) is 0 Å². The van der Waals surface area contributed by atoms with E-state index in [1.807, 2.05) is 13.8 Å². The highest BCUT2D eigenvalue weighted by molar-refractivity contribution is 5.87. The van der Waals surface area contributed by atoms with Crippen LogP contribution < -0.4 is 10.6 Å². The van der Waals surface area contributed by atoms with Gasteiger partial charge in [-0.15, -0.1) is 0 Å². The number of allylic oxidation sites excluding steroid dienone is 2. The third kappa shape index (κ3) is 11.3. The minimum atomic E-state index is -0.483. The monoisotopic (exact) mass is 629 g/mol. The number of carbonyl (C=O) groups is 3. The molecular weight excluding hydrogens is 574 g/mol. The van der Waals surface area contributed by atoms with Crippen molar-refractivity contribution in [2.75, 3.05) is 26.2 Å². The highest BCUT2D eigenvalue weighted by atomic mass is 16.6. The summed E-state index contributed by atoms with van der Waals surface area (Å²) in [6, 6.07) is -0.0954. The maximum Gasteiger partial charge on any atom is 0.410 e. The molecule has 0 aromatic carbocycles. The van der Waals surface area contributed by atoms with Crippen LogP contribution in [0.5, 0.6) is 0 Å². The van der Waals surface area contributed by atoms with Crippen LogP contribution in [0.25, 0.3) is 0 Å². The van der Waals surface area contributed by atoms with Crippen molar-refractivity contribution in [2.24, 2.45) is 5.92 Å². The van der Waals surface area contributed by atoms with Crippen LogP contribution in [0.4, 0.5) is 4.79 Å². The average molecular weight is 630 g/mol. The second kappa shape index (κ2) is 16.7. The van der Waals surface area contributed by atoms with E-state index in [4.69, 9.17) is 18.9 Å². The largest absolute Gasteiger partial charge is 0.442 e. The van der Waals surface area contributed by atoms with Gasteiger partial charge in [0.2, 0.25) is 11.8 Å². The number of nitrogens with one attached hydrogen (secondary N) is 2. The first kappa shape index (κ1) is 35.2.